The Kier molecular flexibility index (Phi) is 10.4. The van der Waals surface area contributed by atoms with Gasteiger partial charge in [0.15, 0.2) is 0 Å². The summed E-state index contributed by atoms with van der Waals surface area (Å²) in [7, 11) is 2.94. The van der Waals surface area contributed by atoms with Gasteiger partial charge in [-0.1, -0.05) is 0 Å². The highest BCUT2D eigenvalue weighted by Crippen LogP contribution is 2.56. The maximum Gasteiger partial charge on any atom is 0.220 e. The Labute approximate surface area is 257 Å². The van der Waals surface area contributed by atoms with Gasteiger partial charge in [-0.3, -0.25) is 4.79 Å². The predicted molar refractivity (Wildman–Crippen MR) is 176 cm³/mol. The molecule has 1 fully saturated rings. The number of ether oxygens (including phenoxy) is 3. The highest BCUT2D eigenvalue weighted by Gasteiger charge is 2.46. The van der Waals surface area contributed by atoms with Crippen LogP contribution in [0.1, 0.15) is 59.8 Å². The van der Waals surface area contributed by atoms with Crippen LogP contribution in [0, 0.1) is 0 Å². The molecule has 43 heavy (non-hydrogen) atoms. The van der Waals surface area contributed by atoms with Gasteiger partial charge in [0, 0.05) is 23.5 Å². The predicted octanol–water partition coefficient (Wildman–Crippen LogP) is 5.70. The molecular weight excluding hydrogens is 559 g/mol. The largest absolute Gasteiger partial charge is 0.497 e. The lowest BCUT2D eigenvalue weighted by Crippen LogP contribution is -2.62. The van der Waals surface area contributed by atoms with E-state index in [4.69, 9.17) is 14.2 Å². The summed E-state index contributed by atoms with van der Waals surface area (Å²) in [5, 5.41) is 19.1. The summed E-state index contributed by atoms with van der Waals surface area (Å²) < 4.78 is 16.5. The molecule has 0 aliphatic carbocycles. The van der Waals surface area contributed by atoms with Crippen molar-refractivity contribution in [2.75, 3.05) is 27.5 Å². The topological polar surface area (TPSA) is 80.3 Å². The average Bonchev–Trinajstić information content (AvgIpc) is 3.00. The van der Waals surface area contributed by atoms with Gasteiger partial charge >= 0.3 is 0 Å². The van der Waals surface area contributed by atoms with Crippen LogP contribution in [0.4, 0.5) is 0 Å². The van der Waals surface area contributed by atoms with E-state index in [1.807, 2.05) is 64.1 Å². The monoisotopic (exact) mass is 607 g/mol. The molecule has 0 bridgehead atoms. The van der Waals surface area contributed by atoms with Crippen LogP contribution < -0.4 is 35.4 Å². The first-order valence-corrected chi connectivity index (χ1v) is 17.0. The molecule has 1 aliphatic heterocycles. The van der Waals surface area contributed by atoms with Gasteiger partial charge < -0.3 is 24.7 Å². The minimum absolute atomic E-state index is 0.0328. The third kappa shape index (κ3) is 7.34. The standard InChI is InChI=1S/C35H47N2O5P/c1-34(2)24-26(25-35(3,4)37(34)39)36-33(38)10-8-9-23-43(30-17-11-27(40-5)12-18-30,31-19-13-28(41-6)14-20-31)32-21-15-29(42-7)16-22-32/h11-22,26,39H,8-10,23-25H2,1-7H3/p+1. The molecule has 0 atom stereocenters. The molecule has 1 saturated heterocycles. The van der Waals surface area contributed by atoms with Crippen LogP contribution in [-0.4, -0.2) is 60.8 Å². The van der Waals surface area contributed by atoms with Gasteiger partial charge in [-0.05, 0) is 126 Å². The van der Waals surface area contributed by atoms with Crippen molar-refractivity contribution in [3.8, 4) is 17.2 Å². The number of amides is 1. The van der Waals surface area contributed by atoms with Gasteiger partial charge in [-0.15, -0.1) is 0 Å². The van der Waals surface area contributed by atoms with Crippen LogP contribution in [0.5, 0.6) is 17.2 Å². The minimum atomic E-state index is -2.11. The van der Waals surface area contributed by atoms with E-state index >= 15 is 0 Å². The molecule has 3 aromatic carbocycles. The Morgan fingerprint density at radius 3 is 1.47 bits per heavy atom. The first-order chi connectivity index (χ1) is 20.4. The number of hydroxylamine groups is 2. The Hall–Kier alpha value is -3.12. The molecule has 8 heteroatoms. The summed E-state index contributed by atoms with van der Waals surface area (Å²) in [6.45, 7) is 8.09. The van der Waals surface area contributed by atoms with Gasteiger partial charge in [-0.2, -0.15) is 5.06 Å². The zero-order valence-electron chi connectivity index (χ0n) is 26.7. The molecule has 0 radical (unpaired) electrons. The molecule has 7 nitrogen and oxygen atoms in total. The summed E-state index contributed by atoms with van der Waals surface area (Å²) >= 11 is 0. The number of unbranched alkanes of at least 4 members (excludes halogenated alkanes) is 1. The maximum absolute atomic E-state index is 13.1. The van der Waals surface area contributed by atoms with Crippen molar-refractivity contribution < 1.29 is 24.2 Å². The number of rotatable bonds is 12. The molecule has 4 rings (SSSR count). The van der Waals surface area contributed by atoms with E-state index in [9.17, 15) is 10.0 Å². The number of piperidine rings is 1. The molecule has 232 valence electrons. The van der Waals surface area contributed by atoms with E-state index < -0.39 is 18.3 Å². The van der Waals surface area contributed by atoms with Crippen LogP contribution >= 0.6 is 7.26 Å². The first kappa shape index (κ1) is 32.8. The Morgan fingerprint density at radius 2 is 1.12 bits per heavy atom. The second kappa shape index (κ2) is 13.7. The highest BCUT2D eigenvalue weighted by atomic mass is 31.2. The SMILES string of the molecule is COc1ccc([P+](CCCCC(=O)NC2CC(C)(C)N(O)C(C)(C)C2)(c2ccc(OC)cc2)c2ccc(OC)cc2)cc1. The molecule has 1 aliphatic rings. The van der Waals surface area contributed by atoms with E-state index in [1.165, 1.54) is 21.0 Å². The summed E-state index contributed by atoms with van der Waals surface area (Å²) in [4.78, 5) is 13.1. The molecule has 3 aromatic rings. The van der Waals surface area contributed by atoms with Gasteiger partial charge in [0.05, 0.1) is 27.5 Å². The first-order valence-electron chi connectivity index (χ1n) is 15.1. The number of carbonyl (C=O) groups excluding carboxylic acids is 1. The maximum atomic E-state index is 13.1. The number of nitrogens with zero attached hydrogens (tertiary/aromatic N) is 1. The molecule has 0 saturated carbocycles. The molecule has 1 heterocycles. The third-order valence-corrected chi connectivity index (χ3v) is 13.2. The third-order valence-electron chi connectivity index (χ3n) is 8.69. The average molecular weight is 608 g/mol. The van der Waals surface area contributed by atoms with E-state index in [-0.39, 0.29) is 11.9 Å². The highest BCUT2D eigenvalue weighted by molar-refractivity contribution is 7.95. The van der Waals surface area contributed by atoms with Crippen molar-refractivity contribution in [3.63, 3.8) is 0 Å². The van der Waals surface area contributed by atoms with Gasteiger partial charge in [0.25, 0.3) is 0 Å². The number of carbonyl (C=O) groups is 1. The van der Waals surface area contributed by atoms with Gasteiger partial charge in [0.1, 0.15) is 40.4 Å². The quantitative estimate of drug-likeness (QED) is 0.203. The van der Waals surface area contributed by atoms with Crippen molar-refractivity contribution >= 4 is 29.1 Å². The number of hydrogen-bond acceptors (Lipinski definition) is 6. The van der Waals surface area contributed by atoms with Crippen LogP contribution in [0.25, 0.3) is 0 Å². The fourth-order valence-corrected chi connectivity index (χ4v) is 11.0. The number of nitrogens with one attached hydrogen (secondary N) is 1. The van der Waals surface area contributed by atoms with Gasteiger partial charge in [-0.25, -0.2) is 0 Å². The number of methoxy groups -OCH3 is 3. The Bertz CT molecular complexity index is 1210. The van der Waals surface area contributed by atoms with Crippen molar-refractivity contribution in [1.82, 2.24) is 10.4 Å². The molecule has 2 N–H and O–H groups in total. The van der Waals surface area contributed by atoms with Crippen LogP contribution in [0.2, 0.25) is 0 Å². The lowest BCUT2D eigenvalue weighted by Gasteiger charge is -2.51. The molecular formula is C35H48N2O5P+. The normalized spacial score (nSPS) is 16.8. The van der Waals surface area contributed by atoms with Crippen molar-refractivity contribution in [1.29, 1.82) is 0 Å². The molecule has 0 unspecified atom stereocenters. The van der Waals surface area contributed by atoms with E-state index in [0.29, 0.717) is 19.3 Å². The summed E-state index contributed by atoms with van der Waals surface area (Å²) in [5.74, 6) is 2.54. The fourth-order valence-electron chi connectivity index (χ4n) is 6.65. The number of hydrogen-bond donors (Lipinski definition) is 2. The fraction of sp³-hybridized carbons (Fsp3) is 0.457. The summed E-state index contributed by atoms with van der Waals surface area (Å²) in [5.41, 5.74) is -0.808. The zero-order chi connectivity index (χ0) is 31.3. The van der Waals surface area contributed by atoms with E-state index in [2.05, 4.69) is 41.7 Å². The van der Waals surface area contributed by atoms with Crippen molar-refractivity contribution in [2.45, 2.75) is 76.9 Å². The molecule has 1 amide bonds. The lowest BCUT2D eigenvalue weighted by molar-refractivity contribution is -0.246. The summed E-state index contributed by atoms with van der Waals surface area (Å²) in [6.07, 6.45) is 4.46. The molecule has 0 spiro atoms. The Morgan fingerprint density at radius 1 is 0.744 bits per heavy atom. The lowest BCUT2D eigenvalue weighted by atomic mass is 9.79. The van der Waals surface area contributed by atoms with E-state index in [0.717, 1.165) is 36.3 Å². The van der Waals surface area contributed by atoms with Crippen LogP contribution in [0.15, 0.2) is 72.8 Å². The van der Waals surface area contributed by atoms with Crippen molar-refractivity contribution in [2.24, 2.45) is 0 Å². The zero-order valence-corrected chi connectivity index (χ0v) is 27.6. The van der Waals surface area contributed by atoms with Crippen LogP contribution in [-0.2, 0) is 4.79 Å². The Balaban J connectivity index is 1.58. The van der Waals surface area contributed by atoms with Crippen molar-refractivity contribution in [3.05, 3.63) is 72.8 Å². The summed E-state index contributed by atoms with van der Waals surface area (Å²) in [6, 6.07) is 25.3. The second-order valence-electron chi connectivity index (χ2n) is 12.7. The minimum Gasteiger partial charge on any atom is -0.497 e. The second-order valence-corrected chi connectivity index (χ2v) is 16.3. The van der Waals surface area contributed by atoms with E-state index in [1.54, 1.807) is 21.3 Å². The van der Waals surface area contributed by atoms with Gasteiger partial charge in [0.2, 0.25) is 5.91 Å². The molecule has 0 aromatic heterocycles. The van der Waals surface area contributed by atoms with Crippen LogP contribution in [0.3, 0.4) is 0 Å². The smallest absolute Gasteiger partial charge is 0.220 e. The number of benzene rings is 3.